The van der Waals surface area contributed by atoms with Gasteiger partial charge < -0.3 is 14.0 Å². The standard InChI is InChI=1S/C20H21N3O2/c24-20(17-12-18-4-1-2-10-22(18)14-17)23(15-19-5-3-11-25-19)13-16-6-8-21-9-7-16/h1-2,4,6-10,12,14,19H,3,5,11,13,15H2/t19-/m1/s1. The summed E-state index contributed by atoms with van der Waals surface area (Å²) in [7, 11) is 0. The van der Waals surface area contributed by atoms with E-state index >= 15 is 0 Å². The number of nitrogens with zero attached hydrogens (tertiary/aromatic N) is 3. The van der Waals surface area contributed by atoms with Crippen molar-refractivity contribution < 1.29 is 9.53 Å². The molecular weight excluding hydrogens is 314 g/mol. The van der Waals surface area contributed by atoms with Crippen molar-refractivity contribution in [2.75, 3.05) is 13.2 Å². The van der Waals surface area contributed by atoms with Crippen LogP contribution in [0.5, 0.6) is 0 Å². The van der Waals surface area contributed by atoms with Gasteiger partial charge in [0.1, 0.15) is 0 Å². The van der Waals surface area contributed by atoms with Crippen molar-refractivity contribution in [2.24, 2.45) is 0 Å². The van der Waals surface area contributed by atoms with Crippen molar-refractivity contribution in [1.29, 1.82) is 0 Å². The second kappa shape index (κ2) is 7.07. The molecule has 128 valence electrons. The Kier molecular flexibility index (Phi) is 4.48. The molecule has 0 spiro atoms. The number of ether oxygens (including phenoxy) is 1. The molecule has 1 saturated heterocycles. The topological polar surface area (TPSA) is 46.8 Å². The molecule has 0 saturated carbocycles. The zero-order chi connectivity index (χ0) is 17.1. The Hall–Kier alpha value is -2.66. The summed E-state index contributed by atoms with van der Waals surface area (Å²) < 4.78 is 7.73. The lowest BCUT2D eigenvalue weighted by molar-refractivity contribution is 0.0507. The Balaban J connectivity index is 1.59. The quantitative estimate of drug-likeness (QED) is 0.719. The number of carbonyl (C=O) groups is 1. The van der Waals surface area contributed by atoms with Gasteiger partial charge in [0.15, 0.2) is 0 Å². The van der Waals surface area contributed by atoms with Crippen molar-refractivity contribution in [1.82, 2.24) is 14.3 Å². The van der Waals surface area contributed by atoms with Crippen LogP contribution in [0.4, 0.5) is 0 Å². The van der Waals surface area contributed by atoms with Crippen LogP contribution in [0.2, 0.25) is 0 Å². The van der Waals surface area contributed by atoms with Crippen LogP contribution in [-0.4, -0.2) is 39.4 Å². The molecule has 0 N–H and O–H groups in total. The van der Waals surface area contributed by atoms with Crippen molar-refractivity contribution in [3.05, 3.63) is 72.3 Å². The maximum atomic E-state index is 13.1. The predicted molar refractivity (Wildman–Crippen MR) is 95.3 cm³/mol. The van der Waals surface area contributed by atoms with Crippen LogP contribution in [0.1, 0.15) is 28.8 Å². The highest BCUT2D eigenvalue weighted by Crippen LogP contribution is 2.18. The fraction of sp³-hybridized carbons (Fsp3) is 0.300. The summed E-state index contributed by atoms with van der Waals surface area (Å²) in [5.74, 6) is 0.0380. The van der Waals surface area contributed by atoms with Crippen LogP contribution in [0.25, 0.3) is 5.52 Å². The molecule has 5 nitrogen and oxygen atoms in total. The van der Waals surface area contributed by atoms with Gasteiger partial charge in [0.2, 0.25) is 0 Å². The molecule has 4 heterocycles. The lowest BCUT2D eigenvalue weighted by Gasteiger charge is -2.25. The zero-order valence-electron chi connectivity index (χ0n) is 14.0. The number of fused-ring (bicyclic) bond motifs is 1. The van der Waals surface area contributed by atoms with Gasteiger partial charge in [0.25, 0.3) is 5.91 Å². The second-order valence-electron chi connectivity index (χ2n) is 6.44. The largest absolute Gasteiger partial charge is 0.376 e. The van der Waals surface area contributed by atoms with Gasteiger partial charge in [-0.2, -0.15) is 0 Å². The number of rotatable bonds is 5. The van der Waals surface area contributed by atoms with Crippen LogP contribution in [0.15, 0.2) is 61.2 Å². The van der Waals surface area contributed by atoms with E-state index in [9.17, 15) is 4.79 Å². The number of hydrogen-bond donors (Lipinski definition) is 0. The minimum atomic E-state index is 0.0380. The fourth-order valence-electron chi connectivity index (χ4n) is 3.32. The summed E-state index contributed by atoms with van der Waals surface area (Å²) in [4.78, 5) is 19.1. The van der Waals surface area contributed by atoms with E-state index in [1.807, 2.05) is 58.1 Å². The zero-order valence-corrected chi connectivity index (χ0v) is 14.0. The molecule has 1 atom stereocenters. The second-order valence-corrected chi connectivity index (χ2v) is 6.44. The van der Waals surface area contributed by atoms with E-state index in [4.69, 9.17) is 4.74 Å². The van der Waals surface area contributed by atoms with E-state index in [1.54, 1.807) is 12.4 Å². The highest BCUT2D eigenvalue weighted by Gasteiger charge is 2.24. The first kappa shape index (κ1) is 15.8. The first-order chi connectivity index (χ1) is 12.3. The van der Waals surface area contributed by atoms with E-state index in [2.05, 4.69) is 4.98 Å². The van der Waals surface area contributed by atoms with Gasteiger partial charge in [0.05, 0.1) is 11.7 Å². The third-order valence-electron chi connectivity index (χ3n) is 4.61. The molecule has 25 heavy (non-hydrogen) atoms. The van der Waals surface area contributed by atoms with E-state index in [0.717, 1.165) is 30.5 Å². The minimum Gasteiger partial charge on any atom is -0.376 e. The van der Waals surface area contributed by atoms with Gasteiger partial charge in [-0.15, -0.1) is 0 Å². The first-order valence-corrected chi connectivity index (χ1v) is 8.66. The van der Waals surface area contributed by atoms with Gasteiger partial charge >= 0.3 is 0 Å². The van der Waals surface area contributed by atoms with Gasteiger partial charge in [-0.25, -0.2) is 0 Å². The lowest BCUT2D eigenvalue weighted by atomic mass is 10.1. The van der Waals surface area contributed by atoms with Crippen molar-refractivity contribution in [3.63, 3.8) is 0 Å². The molecule has 1 aliphatic heterocycles. The van der Waals surface area contributed by atoms with Crippen molar-refractivity contribution in [3.8, 4) is 0 Å². The molecule has 3 aromatic heterocycles. The Labute approximate surface area is 146 Å². The third kappa shape index (κ3) is 3.56. The van der Waals surface area contributed by atoms with Crippen LogP contribution in [-0.2, 0) is 11.3 Å². The number of hydrogen-bond acceptors (Lipinski definition) is 3. The maximum Gasteiger partial charge on any atom is 0.255 e. The maximum absolute atomic E-state index is 13.1. The smallest absolute Gasteiger partial charge is 0.255 e. The fourth-order valence-corrected chi connectivity index (χ4v) is 3.32. The summed E-state index contributed by atoms with van der Waals surface area (Å²) in [5.41, 5.74) is 2.80. The Bertz CT molecular complexity index is 821. The Morgan fingerprint density at radius 1 is 1.28 bits per heavy atom. The summed E-state index contributed by atoms with van der Waals surface area (Å²) in [5, 5.41) is 0. The highest BCUT2D eigenvalue weighted by molar-refractivity contribution is 5.95. The first-order valence-electron chi connectivity index (χ1n) is 8.66. The van der Waals surface area contributed by atoms with Crippen LogP contribution >= 0.6 is 0 Å². The SMILES string of the molecule is O=C(c1cc2ccccn2c1)N(Cc1ccncc1)C[C@H]1CCCO1. The molecule has 0 bridgehead atoms. The molecule has 4 rings (SSSR count). The average Bonchev–Trinajstić information content (AvgIpc) is 3.30. The van der Waals surface area contributed by atoms with E-state index < -0.39 is 0 Å². The molecule has 0 unspecified atom stereocenters. The summed E-state index contributed by atoms with van der Waals surface area (Å²) in [6.45, 7) is 1.97. The summed E-state index contributed by atoms with van der Waals surface area (Å²) in [6, 6.07) is 11.8. The van der Waals surface area contributed by atoms with Gasteiger partial charge in [-0.3, -0.25) is 9.78 Å². The minimum absolute atomic E-state index is 0.0380. The monoisotopic (exact) mass is 335 g/mol. The summed E-state index contributed by atoms with van der Waals surface area (Å²) >= 11 is 0. The molecule has 5 heteroatoms. The van der Waals surface area contributed by atoms with Crippen LogP contribution < -0.4 is 0 Å². The van der Waals surface area contributed by atoms with Gasteiger partial charge in [-0.05, 0) is 48.7 Å². The normalized spacial score (nSPS) is 17.0. The molecule has 3 aromatic rings. The predicted octanol–water partition coefficient (Wildman–Crippen LogP) is 3.16. The van der Waals surface area contributed by atoms with Crippen LogP contribution in [0.3, 0.4) is 0 Å². The Morgan fingerprint density at radius 2 is 2.16 bits per heavy atom. The molecule has 1 aliphatic rings. The summed E-state index contributed by atoms with van der Waals surface area (Å²) in [6.07, 6.45) is 9.58. The van der Waals surface area contributed by atoms with E-state index in [1.165, 1.54) is 0 Å². The highest BCUT2D eigenvalue weighted by atomic mass is 16.5. The number of carbonyl (C=O) groups excluding carboxylic acids is 1. The molecule has 0 radical (unpaired) electrons. The average molecular weight is 335 g/mol. The molecule has 0 aromatic carbocycles. The molecule has 0 aliphatic carbocycles. The molecule has 1 fully saturated rings. The van der Waals surface area contributed by atoms with Crippen molar-refractivity contribution >= 4 is 11.4 Å². The third-order valence-corrected chi connectivity index (χ3v) is 4.61. The lowest BCUT2D eigenvalue weighted by Crippen LogP contribution is -2.36. The number of aromatic nitrogens is 2. The van der Waals surface area contributed by atoms with E-state index in [-0.39, 0.29) is 12.0 Å². The van der Waals surface area contributed by atoms with Crippen LogP contribution in [0, 0.1) is 0 Å². The van der Waals surface area contributed by atoms with Crippen molar-refractivity contribution in [2.45, 2.75) is 25.5 Å². The molecule has 1 amide bonds. The molecular formula is C20H21N3O2. The number of amides is 1. The van der Waals surface area contributed by atoms with E-state index in [0.29, 0.717) is 18.7 Å². The Morgan fingerprint density at radius 3 is 2.92 bits per heavy atom. The van der Waals surface area contributed by atoms with Gasteiger partial charge in [-0.1, -0.05) is 6.07 Å². The number of pyridine rings is 2. The van der Waals surface area contributed by atoms with Gasteiger partial charge in [0, 0.05) is 50.0 Å².